The molecule has 0 aliphatic heterocycles. The third-order valence-corrected chi connectivity index (χ3v) is 3.53. The molecule has 1 fully saturated rings. The second kappa shape index (κ2) is 6.12. The zero-order valence-electron chi connectivity index (χ0n) is 10.8. The Labute approximate surface area is 112 Å². The van der Waals surface area contributed by atoms with Crippen molar-refractivity contribution >= 4 is 11.6 Å². The molecule has 0 heterocycles. The van der Waals surface area contributed by atoms with E-state index in [0.717, 1.165) is 25.8 Å². The largest absolute Gasteiger partial charge is 0.396 e. The number of aliphatic hydroxyl groups excluding tert-OH is 1. The van der Waals surface area contributed by atoms with Crippen LogP contribution in [-0.2, 0) is 4.79 Å². The summed E-state index contributed by atoms with van der Waals surface area (Å²) in [4.78, 5) is 11.6. The summed E-state index contributed by atoms with van der Waals surface area (Å²) in [5.41, 5.74) is 0.373. The van der Waals surface area contributed by atoms with Gasteiger partial charge in [0.25, 0.3) is 0 Å². The Balaban J connectivity index is 1.72. The van der Waals surface area contributed by atoms with Gasteiger partial charge in [-0.25, -0.2) is 4.39 Å². The fourth-order valence-corrected chi connectivity index (χ4v) is 2.13. The van der Waals surface area contributed by atoms with Crippen molar-refractivity contribution in [2.24, 2.45) is 5.41 Å². The van der Waals surface area contributed by atoms with Gasteiger partial charge < -0.3 is 15.7 Å². The monoisotopic (exact) mass is 266 g/mol. The summed E-state index contributed by atoms with van der Waals surface area (Å²) in [6.45, 7) is 1.06. The molecular formula is C14H19FN2O2. The first kappa shape index (κ1) is 14.0. The topological polar surface area (TPSA) is 61.4 Å². The lowest BCUT2D eigenvalue weighted by Crippen LogP contribution is -2.33. The Hall–Kier alpha value is -1.46. The number of rotatable bonds is 7. The molecule has 1 saturated carbocycles. The average molecular weight is 266 g/mol. The molecule has 1 aromatic carbocycles. The van der Waals surface area contributed by atoms with Crippen molar-refractivity contribution in [3.8, 4) is 0 Å². The van der Waals surface area contributed by atoms with Crippen molar-refractivity contribution in [1.82, 2.24) is 5.32 Å². The Morgan fingerprint density at radius 3 is 2.74 bits per heavy atom. The third kappa shape index (κ3) is 4.01. The molecule has 104 valence electrons. The quantitative estimate of drug-likeness (QED) is 0.701. The molecule has 3 N–H and O–H groups in total. The van der Waals surface area contributed by atoms with Crippen LogP contribution in [0.3, 0.4) is 0 Å². The lowest BCUT2D eigenvalue weighted by atomic mass is 10.0. The SMILES string of the molecule is O=C(CNCC1(CCO)CC1)Nc1ccccc1F. The van der Waals surface area contributed by atoms with Crippen molar-refractivity contribution in [3.63, 3.8) is 0 Å². The van der Waals surface area contributed by atoms with Crippen LogP contribution in [0.25, 0.3) is 0 Å². The first-order valence-electron chi connectivity index (χ1n) is 6.51. The third-order valence-electron chi connectivity index (χ3n) is 3.53. The van der Waals surface area contributed by atoms with Crippen LogP contribution in [0.1, 0.15) is 19.3 Å². The number of carbonyl (C=O) groups is 1. The molecule has 0 atom stereocenters. The maximum atomic E-state index is 13.3. The van der Waals surface area contributed by atoms with Gasteiger partial charge in [0.2, 0.25) is 5.91 Å². The molecule has 1 aliphatic rings. The summed E-state index contributed by atoms with van der Waals surface area (Å²) < 4.78 is 13.3. The minimum absolute atomic E-state index is 0.154. The van der Waals surface area contributed by atoms with Crippen LogP contribution in [0.4, 0.5) is 10.1 Å². The van der Waals surface area contributed by atoms with Crippen LogP contribution in [0.15, 0.2) is 24.3 Å². The van der Waals surface area contributed by atoms with E-state index in [9.17, 15) is 9.18 Å². The van der Waals surface area contributed by atoms with Gasteiger partial charge in [-0.15, -0.1) is 0 Å². The van der Waals surface area contributed by atoms with Gasteiger partial charge in [0.15, 0.2) is 0 Å². The summed E-state index contributed by atoms with van der Waals surface area (Å²) in [6, 6.07) is 6.09. The van der Waals surface area contributed by atoms with E-state index in [1.54, 1.807) is 12.1 Å². The molecule has 0 saturated heterocycles. The molecule has 2 rings (SSSR count). The lowest BCUT2D eigenvalue weighted by Gasteiger charge is -2.14. The van der Waals surface area contributed by atoms with E-state index in [4.69, 9.17) is 5.11 Å². The highest BCUT2D eigenvalue weighted by molar-refractivity contribution is 5.92. The number of halogens is 1. The van der Waals surface area contributed by atoms with Crippen molar-refractivity contribution in [2.45, 2.75) is 19.3 Å². The number of carbonyl (C=O) groups excluding carboxylic acids is 1. The number of anilines is 1. The van der Waals surface area contributed by atoms with Gasteiger partial charge in [-0.3, -0.25) is 4.79 Å². The van der Waals surface area contributed by atoms with Gasteiger partial charge >= 0.3 is 0 Å². The number of aliphatic hydroxyl groups is 1. The smallest absolute Gasteiger partial charge is 0.238 e. The van der Waals surface area contributed by atoms with E-state index >= 15 is 0 Å². The molecular weight excluding hydrogens is 247 g/mol. The summed E-state index contributed by atoms with van der Waals surface area (Å²) in [5.74, 6) is -0.695. The average Bonchev–Trinajstić information content (AvgIpc) is 3.13. The van der Waals surface area contributed by atoms with Crippen LogP contribution in [0.5, 0.6) is 0 Å². The predicted molar refractivity (Wildman–Crippen MR) is 71.3 cm³/mol. The van der Waals surface area contributed by atoms with E-state index in [1.807, 2.05) is 0 Å². The van der Waals surface area contributed by atoms with Gasteiger partial charge in [0, 0.05) is 13.2 Å². The molecule has 1 aromatic rings. The van der Waals surface area contributed by atoms with Crippen molar-refractivity contribution < 1.29 is 14.3 Å². The molecule has 1 aliphatic carbocycles. The maximum Gasteiger partial charge on any atom is 0.238 e. The van der Waals surface area contributed by atoms with E-state index in [2.05, 4.69) is 10.6 Å². The summed E-state index contributed by atoms with van der Waals surface area (Å²) in [5, 5.41) is 14.5. The van der Waals surface area contributed by atoms with Gasteiger partial charge in [-0.2, -0.15) is 0 Å². The fourth-order valence-electron chi connectivity index (χ4n) is 2.13. The van der Waals surface area contributed by atoms with E-state index in [-0.39, 0.29) is 30.2 Å². The van der Waals surface area contributed by atoms with Gasteiger partial charge in [0.1, 0.15) is 5.82 Å². The normalized spacial score (nSPS) is 16.1. The second-order valence-corrected chi connectivity index (χ2v) is 5.11. The molecule has 0 radical (unpaired) electrons. The molecule has 5 heteroatoms. The molecule has 0 spiro atoms. The first-order chi connectivity index (χ1) is 9.15. The Bertz CT molecular complexity index is 447. The molecule has 0 bridgehead atoms. The fraction of sp³-hybridized carbons (Fsp3) is 0.500. The van der Waals surface area contributed by atoms with E-state index in [1.165, 1.54) is 12.1 Å². The number of nitrogens with one attached hydrogen (secondary N) is 2. The molecule has 0 unspecified atom stereocenters. The van der Waals surface area contributed by atoms with Crippen molar-refractivity contribution in [1.29, 1.82) is 0 Å². The van der Waals surface area contributed by atoms with Crippen LogP contribution < -0.4 is 10.6 Å². The molecule has 4 nitrogen and oxygen atoms in total. The Morgan fingerprint density at radius 1 is 1.37 bits per heavy atom. The lowest BCUT2D eigenvalue weighted by molar-refractivity contribution is -0.115. The highest BCUT2D eigenvalue weighted by atomic mass is 19.1. The minimum atomic E-state index is -0.435. The van der Waals surface area contributed by atoms with Gasteiger partial charge in [0.05, 0.1) is 12.2 Å². The van der Waals surface area contributed by atoms with Crippen LogP contribution in [0.2, 0.25) is 0 Å². The number of hydrogen-bond donors (Lipinski definition) is 3. The summed E-state index contributed by atoms with van der Waals surface area (Å²) in [7, 11) is 0. The van der Waals surface area contributed by atoms with Crippen LogP contribution >= 0.6 is 0 Å². The number of amides is 1. The molecule has 0 aromatic heterocycles. The highest BCUT2D eigenvalue weighted by Gasteiger charge is 2.41. The van der Waals surface area contributed by atoms with Gasteiger partial charge in [-0.05, 0) is 36.8 Å². The number of para-hydroxylation sites is 1. The Kier molecular flexibility index (Phi) is 4.50. The standard InChI is InChI=1S/C14H19FN2O2/c15-11-3-1-2-4-12(11)17-13(19)9-16-10-14(5-6-14)7-8-18/h1-4,16,18H,5-10H2,(H,17,19). The Morgan fingerprint density at radius 2 is 2.11 bits per heavy atom. The molecule has 19 heavy (non-hydrogen) atoms. The number of hydrogen-bond acceptors (Lipinski definition) is 3. The van der Waals surface area contributed by atoms with E-state index in [0.29, 0.717) is 0 Å². The van der Waals surface area contributed by atoms with Gasteiger partial charge in [-0.1, -0.05) is 12.1 Å². The second-order valence-electron chi connectivity index (χ2n) is 5.11. The highest BCUT2D eigenvalue weighted by Crippen LogP contribution is 2.47. The maximum absolute atomic E-state index is 13.3. The first-order valence-corrected chi connectivity index (χ1v) is 6.51. The van der Waals surface area contributed by atoms with Crippen LogP contribution in [0, 0.1) is 11.2 Å². The number of benzene rings is 1. The van der Waals surface area contributed by atoms with E-state index < -0.39 is 5.82 Å². The van der Waals surface area contributed by atoms with Crippen molar-refractivity contribution in [2.75, 3.05) is 25.0 Å². The summed E-state index contributed by atoms with van der Waals surface area (Å²) >= 11 is 0. The zero-order valence-corrected chi connectivity index (χ0v) is 10.8. The summed E-state index contributed by atoms with van der Waals surface area (Å²) in [6.07, 6.45) is 2.96. The zero-order chi connectivity index (χ0) is 13.7. The molecule has 1 amide bonds. The predicted octanol–water partition coefficient (Wildman–Crippen LogP) is 1.52. The van der Waals surface area contributed by atoms with Crippen molar-refractivity contribution in [3.05, 3.63) is 30.1 Å². The minimum Gasteiger partial charge on any atom is -0.396 e. The van der Waals surface area contributed by atoms with Crippen LogP contribution in [-0.4, -0.2) is 30.7 Å².